The van der Waals surface area contributed by atoms with Gasteiger partial charge in [0.05, 0.1) is 11.4 Å². The van der Waals surface area contributed by atoms with Crippen molar-refractivity contribution in [3.05, 3.63) is 35.5 Å². The van der Waals surface area contributed by atoms with Crippen LogP contribution in [0.5, 0.6) is 0 Å². The molecule has 0 atom stereocenters. The van der Waals surface area contributed by atoms with E-state index in [9.17, 15) is 0 Å². The quantitative estimate of drug-likeness (QED) is 0.795. The first-order valence-corrected chi connectivity index (χ1v) is 6.97. The monoisotopic (exact) mass is 269 g/mol. The van der Waals surface area contributed by atoms with Crippen LogP contribution in [0.15, 0.2) is 24.3 Å². The van der Waals surface area contributed by atoms with Crippen LogP contribution in [0.25, 0.3) is 16.9 Å². The summed E-state index contributed by atoms with van der Waals surface area (Å²) in [6.07, 6.45) is 0.953. The fourth-order valence-corrected chi connectivity index (χ4v) is 2.67. The Morgan fingerprint density at radius 3 is 2.65 bits per heavy atom. The highest BCUT2D eigenvalue weighted by Gasteiger charge is 2.18. The lowest BCUT2D eigenvalue weighted by molar-refractivity contribution is 0.663. The lowest BCUT2D eigenvalue weighted by Crippen LogP contribution is -2.08. The number of para-hydroxylation sites is 1. The zero-order valence-electron chi connectivity index (χ0n) is 12.1. The van der Waals surface area contributed by atoms with Crippen molar-refractivity contribution in [2.45, 2.75) is 33.7 Å². The molecule has 3 rings (SSSR count). The Morgan fingerprint density at radius 1 is 1.20 bits per heavy atom. The third-order valence-corrected chi connectivity index (χ3v) is 3.65. The van der Waals surface area contributed by atoms with E-state index in [1.807, 2.05) is 22.2 Å². The molecule has 0 saturated heterocycles. The first-order valence-electron chi connectivity index (χ1n) is 6.97. The molecule has 0 radical (unpaired) electrons. The molecular weight excluding hydrogens is 250 g/mol. The second-order valence-electron chi connectivity index (χ2n) is 4.86. The van der Waals surface area contributed by atoms with Crippen LogP contribution >= 0.6 is 0 Å². The van der Waals surface area contributed by atoms with Crippen molar-refractivity contribution in [3.8, 4) is 5.69 Å². The average molecular weight is 269 g/mol. The fraction of sp³-hybridized carbons (Fsp3) is 0.333. The molecule has 0 unspecified atom stereocenters. The number of nitrogens with two attached hydrogens (primary N) is 1. The summed E-state index contributed by atoms with van der Waals surface area (Å²) in [4.78, 5) is 4.49. The van der Waals surface area contributed by atoms with E-state index in [4.69, 9.17) is 5.73 Å². The topological polar surface area (TPSA) is 61.7 Å². The molecule has 0 bridgehead atoms. The number of imidazole rings is 1. The van der Waals surface area contributed by atoms with Gasteiger partial charge in [0.25, 0.3) is 0 Å². The van der Waals surface area contributed by atoms with Gasteiger partial charge < -0.3 is 5.73 Å². The van der Waals surface area contributed by atoms with Gasteiger partial charge in [-0.15, -0.1) is 0 Å². The summed E-state index contributed by atoms with van der Waals surface area (Å²) < 4.78 is 3.97. The molecule has 2 aromatic heterocycles. The SMILES string of the molecule is CCc1ccccc1-n1c(N)nc2c(C)nn(CC)c21. The molecule has 5 nitrogen and oxygen atoms in total. The molecule has 2 N–H and O–H groups in total. The van der Waals surface area contributed by atoms with Gasteiger partial charge in [-0.1, -0.05) is 25.1 Å². The van der Waals surface area contributed by atoms with Gasteiger partial charge in [-0.05, 0) is 31.9 Å². The summed E-state index contributed by atoms with van der Waals surface area (Å²) in [6.45, 7) is 6.98. The van der Waals surface area contributed by atoms with E-state index < -0.39 is 0 Å². The van der Waals surface area contributed by atoms with E-state index in [0.717, 1.165) is 35.5 Å². The molecule has 2 heterocycles. The number of fused-ring (bicyclic) bond motifs is 1. The molecule has 20 heavy (non-hydrogen) atoms. The van der Waals surface area contributed by atoms with Crippen LogP contribution in [0.1, 0.15) is 25.1 Å². The highest BCUT2D eigenvalue weighted by molar-refractivity contribution is 5.80. The number of hydrogen-bond donors (Lipinski definition) is 1. The predicted octanol–water partition coefficient (Wildman–Crippen LogP) is 2.69. The number of benzene rings is 1. The van der Waals surface area contributed by atoms with Crippen LogP contribution < -0.4 is 5.73 Å². The van der Waals surface area contributed by atoms with Crippen LogP contribution in [0.2, 0.25) is 0 Å². The summed E-state index contributed by atoms with van der Waals surface area (Å²) in [5, 5.41) is 4.53. The van der Waals surface area contributed by atoms with E-state index in [2.05, 4.69) is 42.1 Å². The minimum Gasteiger partial charge on any atom is -0.369 e. The molecule has 0 amide bonds. The van der Waals surface area contributed by atoms with E-state index >= 15 is 0 Å². The molecule has 104 valence electrons. The van der Waals surface area contributed by atoms with Crippen molar-refractivity contribution in [1.82, 2.24) is 19.3 Å². The maximum absolute atomic E-state index is 6.16. The molecule has 0 aliphatic carbocycles. The summed E-state index contributed by atoms with van der Waals surface area (Å²) in [6, 6.07) is 8.28. The smallest absolute Gasteiger partial charge is 0.207 e. The number of aromatic nitrogens is 4. The third-order valence-electron chi connectivity index (χ3n) is 3.65. The van der Waals surface area contributed by atoms with Gasteiger partial charge in [-0.3, -0.25) is 4.57 Å². The Morgan fingerprint density at radius 2 is 1.95 bits per heavy atom. The largest absolute Gasteiger partial charge is 0.369 e. The van der Waals surface area contributed by atoms with Crippen molar-refractivity contribution in [3.63, 3.8) is 0 Å². The Hall–Kier alpha value is -2.30. The number of rotatable bonds is 3. The zero-order chi connectivity index (χ0) is 14.3. The van der Waals surface area contributed by atoms with Crippen molar-refractivity contribution in [2.75, 3.05) is 5.73 Å². The van der Waals surface area contributed by atoms with E-state index in [1.165, 1.54) is 5.56 Å². The van der Waals surface area contributed by atoms with Gasteiger partial charge in [0, 0.05) is 6.54 Å². The van der Waals surface area contributed by atoms with Gasteiger partial charge in [-0.2, -0.15) is 5.10 Å². The van der Waals surface area contributed by atoms with Crippen molar-refractivity contribution >= 4 is 17.1 Å². The summed E-state index contributed by atoms with van der Waals surface area (Å²) in [5.74, 6) is 0.517. The summed E-state index contributed by atoms with van der Waals surface area (Å²) in [7, 11) is 0. The lowest BCUT2D eigenvalue weighted by Gasteiger charge is -2.12. The van der Waals surface area contributed by atoms with Crippen LogP contribution in [-0.2, 0) is 13.0 Å². The van der Waals surface area contributed by atoms with Crippen LogP contribution in [-0.4, -0.2) is 19.3 Å². The first kappa shape index (κ1) is 12.7. The lowest BCUT2D eigenvalue weighted by atomic mass is 10.1. The number of nitrogens with zero attached hydrogens (tertiary/aromatic N) is 4. The van der Waals surface area contributed by atoms with Gasteiger partial charge in [-0.25, -0.2) is 9.67 Å². The highest BCUT2D eigenvalue weighted by Crippen LogP contribution is 2.27. The highest BCUT2D eigenvalue weighted by atomic mass is 15.4. The Kier molecular flexibility index (Phi) is 2.97. The maximum Gasteiger partial charge on any atom is 0.207 e. The van der Waals surface area contributed by atoms with E-state index in [0.29, 0.717) is 5.95 Å². The molecule has 1 aromatic carbocycles. The standard InChI is InChI=1S/C15H19N5/c1-4-11-8-6-7-9-12(11)20-14-13(17-15(20)16)10(3)18-19(14)5-2/h6-9H,4-5H2,1-3H3,(H2,16,17). The van der Waals surface area contributed by atoms with Crippen molar-refractivity contribution < 1.29 is 0 Å². The average Bonchev–Trinajstić information content (AvgIpc) is 2.95. The number of nitrogen functional groups attached to an aromatic ring is 1. The number of hydrogen-bond acceptors (Lipinski definition) is 3. The van der Waals surface area contributed by atoms with Gasteiger partial charge in [0.1, 0.15) is 5.52 Å². The van der Waals surface area contributed by atoms with E-state index in [1.54, 1.807) is 0 Å². The summed E-state index contributed by atoms with van der Waals surface area (Å²) >= 11 is 0. The van der Waals surface area contributed by atoms with Gasteiger partial charge in [0.15, 0.2) is 5.65 Å². The molecule has 0 aliphatic heterocycles. The Balaban J connectivity index is 2.38. The fourth-order valence-electron chi connectivity index (χ4n) is 2.67. The normalized spacial score (nSPS) is 11.3. The van der Waals surface area contributed by atoms with Gasteiger partial charge in [0.2, 0.25) is 5.95 Å². The third kappa shape index (κ3) is 1.70. The molecule has 3 aromatic rings. The van der Waals surface area contributed by atoms with Crippen LogP contribution in [0.4, 0.5) is 5.95 Å². The molecule has 0 aliphatic rings. The zero-order valence-corrected chi connectivity index (χ0v) is 12.1. The minimum atomic E-state index is 0.517. The number of aryl methyl sites for hydroxylation is 3. The Bertz CT molecular complexity index is 766. The van der Waals surface area contributed by atoms with Crippen LogP contribution in [0, 0.1) is 6.92 Å². The summed E-state index contributed by atoms with van der Waals surface area (Å²) in [5.41, 5.74) is 11.3. The Labute approximate surface area is 118 Å². The molecule has 0 fully saturated rings. The molecular formula is C15H19N5. The van der Waals surface area contributed by atoms with Crippen molar-refractivity contribution in [2.24, 2.45) is 0 Å². The van der Waals surface area contributed by atoms with E-state index in [-0.39, 0.29) is 0 Å². The van der Waals surface area contributed by atoms with Crippen LogP contribution in [0.3, 0.4) is 0 Å². The number of anilines is 1. The molecule has 5 heteroatoms. The molecule has 0 saturated carbocycles. The maximum atomic E-state index is 6.16. The van der Waals surface area contributed by atoms with Crippen molar-refractivity contribution in [1.29, 1.82) is 0 Å². The second kappa shape index (κ2) is 4.67. The minimum absolute atomic E-state index is 0.517. The molecule has 0 spiro atoms. The second-order valence-corrected chi connectivity index (χ2v) is 4.86. The predicted molar refractivity (Wildman–Crippen MR) is 81.1 cm³/mol. The van der Waals surface area contributed by atoms with Gasteiger partial charge >= 0.3 is 0 Å². The first-order chi connectivity index (χ1) is 9.67.